The summed E-state index contributed by atoms with van der Waals surface area (Å²) in [7, 11) is 0. The molecule has 0 aliphatic heterocycles. The van der Waals surface area contributed by atoms with E-state index >= 15 is 0 Å². The van der Waals surface area contributed by atoms with Crippen LogP contribution in [-0.4, -0.2) is 0 Å². The van der Waals surface area contributed by atoms with Crippen molar-refractivity contribution in [2.45, 2.75) is 19.4 Å². The zero-order valence-corrected chi connectivity index (χ0v) is 10.4. The number of thiophene rings is 1. The number of benzene rings is 1. The molecule has 2 rings (SSSR count). The monoisotopic (exact) mass is 250 g/mol. The normalized spacial score (nSPS) is 12.6. The Morgan fingerprint density at radius 3 is 2.71 bits per heavy atom. The van der Waals surface area contributed by atoms with Gasteiger partial charge in [0.2, 0.25) is 0 Å². The Bertz CT molecular complexity index is 496. The molecule has 1 unspecified atom stereocenters. The Morgan fingerprint density at radius 2 is 2.12 bits per heavy atom. The van der Waals surface area contributed by atoms with Crippen molar-refractivity contribution < 1.29 is 4.39 Å². The Balaban J connectivity index is 2.22. The zero-order chi connectivity index (χ0) is 12.3. The molecular formula is C13H15FN2S. The number of hydrogen-bond donors (Lipinski definition) is 2. The molecule has 1 aromatic heterocycles. The molecule has 0 fully saturated rings. The van der Waals surface area contributed by atoms with Crippen molar-refractivity contribution in [1.82, 2.24) is 5.43 Å². The molecule has 1 atom stereocenters. The van der Waals surface area contributed by atoms with Crippen molar-refractivity contribution in [1.29, 1.82) is 0 Å². The molecule has 2 aromatic rings. The van der Waals surface area contributed by atoms with E-state index < -0.39 is 0 Å². The van der Waals surface area contributed by atoms with Crippen molar-refractivity contribution in [3.8, 4) is 0 Å². The molecule has 0 saturated heterocycles. The number of hydrogen-bond acceptors (Lipinski definition) is 3. The molecule has 0 amide bonds. The van der Waals surface area contributed by atoms with Gasteiger partial charge in [0.1, 0.15) is 5.82 Å². The zero-order valence-electron chi connectivity index (χ0n) is 9.61. The Labute approximate surface area is 104 Å². The first-order valence-corrected chi connectivity index (χ1v) is 6.39. The molecule has 2 nitrogen and oxygen atoms in total. The third kappa shape index (κ3) is 2.72. The van der Waals surface area contributed by atoms with Gasteiger partial charge in [-0.15, -0.1) is 0 Å². The van der Waals surface area contributed by atoms with Crippen LogP contribution in [-0.2, 0) is 6.42 Å². The van der Waals surface area contributed by atoms with E-state index in [1.54, 1.807) is 23.5 Å². The molecule has 4 heteroatoms. The molecule has 0 bridgehead atoms. The van der Waals surface area contributed by atoms with Crippen LogP contribution in [0.2, 0.25) is 0 Å². The second-order valence-electron chi connectivity index (χ2n) is 4.02. The average Bonchev–Trinajstić information content (AvgIpc) is 2.75. The van der Waals surface area contributed by atoms with Crippen molar-refractivity contribution in [2.24, 2.45) is 5.84 Å². The predicted molar refractivity (Wildman–Crippen MR) is 69.2 cm³/mol. The van der Waals surface area contributed by atoms with Gasteiger partial charge in [-0.05, 0) is 46.9 Å². The van der Waals surface area contributed by atoms with Crippen LogP contribution in [0.1, 0.15) is 22.7 Å². The largest absolute Gasteiger partial charge is 0.271 e. The van der Waals surface area contributed by atoms with Crippen molar-refractivity contribution >= 4 is 11.3 Å². The van der Waals surface area contributed by atoms with Crippen LogP contribution in [0.4, 0.5) is 4.39 Å². The summed E-state index contributed by atoms with van der Waals surface area (Å²) < 4.78 is 13.6. The molecule has 17 heavy (non-hydrogen) atoms. The van der Waals surface area contributed by atoms with E-state index in [4.69, 9.17) is 5.84 Å². The van der Waals surface area contributed by atoms with Gasteiger partial charge < -0.3 is 0 Å². The van der Waals surface area contributed by atoms with Gasteiger partial charge in [0.15, 0.2) is 0 Å². The van der Waals surface area contributed by atoms with Gasteiger partial charge in [0.25, 0.3) is 0 Å². The molecule has 0 aliphatic rings. The summed E-state index contributed by atoms with van der Waals surface area (Å²) in [6, 6.07) is 6.76. The predicted octanol–water partition coefficient (Wildman–Crippen LogP) is 2.94. The lowest BCUT2D eigenvalue weighted by Gasteiger charge is -2.16. The summed E-state index contributed by atoms with van der Waals surface area (Å²) in [6.45, 7) is 2.04. The number of halogens is 1. The van der Waals surface area contributed by atoms with Crippen LogP contribution in [0, 0.1) is 12.7 Å². The lowest BCUT2D eigenvalue weighted by molar-refractivity contribution is 0.528. The van der Waals surface area contributed by atoms with Crippen LogP contribution in [0.5, 0.6) is 0 Å². The molecule has 0 spiro atoms. The standard InChI is InChI=1S/C13H15FN2S/c1-9-7-17-8-11(9)13(16-15)6-10-4-2-3-5-12(10)14/h2-5,7-8,13,16H,6,15H2,1H3. The third-order valence-corrected chi connectivity index (χ3v) is 3.73. The highest BCUT2D eigenvalue weighted by Crippen LogP contribution is 2.25. The number of rotatable bonds is 4. The summed E-state index contributed by atoms with van der Waals surface area (Å²) in [5.74, 6) is 5.38. The second-order valence-corrected chi connectivity index (χ2v) is 4.77. The van der Waals surface area contributed by atoms with Gasteiger partial charge in [-0.25, -0.2) is 4.39 Å². The van der Waals surface area contributed by atoms with E-state index in [-0.39, 0.29) is 11.9 Å². The second kappa shape index (κ2) is 5.40. The van der Waals surface area contributed by atoms with E-state index in [1.165, 1.54) is 11.6 Å². The fourth-order valence-corrected chi connectivity index (χ4v) is 2.77. The molecule has 1 aromatic carbocycles. The lowest BCUT2D eigenvalue weighted by Crippen LogP contribution is -2.30. The number of nitrogens with one attached hydrogen (secondary N) is 1. The van der Waals surface area contributed by atoms with E-state index in [0.717, 1.165) is 5.56 Å². The Kier molecular flexibility index (Phi) is 3.89. The molecule has 1 heterocycles. The van der Waals surface area contributed by atoms with E-state index in [2.05, 4.69) is 16.2 Å². The number of hydrazine groups is 1. The Morgan fingerprint density at radius 1 is 1.35 bits per heavy atom. The molecule has 90 valence electrons. The maximum Gasteiger partial charge on any atom is 0.126 e. The van der Waals surface area contributed by atoms with Crippen LogP contribution in [0.25, 0.3) is 0 Å². The van der Waals surface area contributed by atoms with Gasteiger partial charge in [-0.1, -0.05) is 18.2 Å². The third-order valence-electron chi connectivity index (χ3n) is 2.85. The summed E-state index contributed by atoms with van der Waals surface area (Å²) in [5.41, 5.74) is 5.77. The first kappa shape index (κ1) is 12.2. The summed E-state index contributed by atoms with van der Waals surface area (Å²) >= 11 is 1.64. The van der Waals surface area contributed by atoms with Crippen LogP contribution < -0.4 is 11.3 Å². The van der Waals surface area contributed by atoms with Gasteiger partial charge in [0, 0.05) is 0 Å². The van der Waals surface area contributed by atoms with E-state index in [1.807, 2.05) is 13.0 Å². The average molecular weight is 250 g/mol. The number of aryl methyl sites for hydroxylation is 1. The van der Waals surface area contributed by atoms with Crippen LogP contribution in [0.3, 0.4) is 0 Å². The minimum Gasteiger partial charge on any atom is -0.271 e. The van der Waals surface area contributed by atoms with Crippen LogP contribution in [0.15, 0.2) is 35.0 Å². The van der Waals surface area contributed by atoms with Crippen LogP contribution >= 0.6 is 11.3 Å². The first-order valence-electron chi connectivity index (χ1n) is 5.44. The van der Waals surface area contributed by atoms with Crippen molar-refractivity contribution in [2.75, 3.05) is 0 Å². The Hall–Kier alpha value is -1.23. The minimum absolute atomic E-state index is 0.0434. The summed E-state index contributed by atoms with van der Waals surface area (Å²) in [5, 5.41) is 4.13. The topological polar surface area (TPSA) is 38.0 Å². The van der Waals surface area contributed by atoms with Gasteiger partial charge >= 0.3 is 0 Å². The van der Waals surface area contributed by atoms with Gasteiger partial charge in [-0.2, -0.15) is 11.3 Å². The van der Waals surface area contributed by atoms with Crippen molar-refractivity contribution in [3.05, 3.63) is 57.5 Å². The molecule has 0 radical (unpaired) electrons. The summed E-state index contributed by atoms with van der Waals surface area (Å²) in [4.78, 5) is 0. The number of nitrogens with two attached hydrogens (primary N) is 1. The fourth-order valence-electron chi connectivity index (χ4n) is 1.87. The fraction of sp³-hybridized carbons (Fsp3) is 0.231. The van der Waals surface area contributed by atoms with Gasteiger partial charge in [-0.3, -0.25) is 11.3 Å². The molecule has 3 N–H and O–H groups in total. The minimum atomic E-state index is -0.180. The summed E-state index contributed by atoms with van der Waals surface area (Å²) in [6.07, 6.45) is 0.556. The first-order chi connectivity index (χ1) is 8.22. The maximum absolute atomic E-state index is 13.6. The molecule has 0 saturated carbocycles. The highest BCUT2D eigenvalue weighted by molar-refractivity contribution is 7.08. The lowest BCUT2D eigenvalue weighted by atomic mass is 9.99. The highest BCUT2D eigenvalue weighted by Gasteiger charge is 2.15. The quantitative estimate of drug-likeness (QED) is 0.647. The smallest absolute Gasteiger partial charge is 0.126 e. The highest BCUT2D eigenvalue weighted by atomic mass is 32.1. The van der Waals surface area contributed by atoms with E-state index in [0.29, 0.717) is 12.0 Å². The van der Waals surface area contributed by atoms with Crippen molar-refractivity contribution in [3.63, 3.8) is 0 Å². The van der Waals surface area contributed by atoms with E-state index in [9.17, 15) is 4.39 Å². The van der Waals surface area contributed by atoms with Gasteiger partial charge in [0.05, 0.1) is 6.04 Å². The maximum atomic E-state index is 13.6. The molecular weight excluding hydrogens is 235 g/mol. The SMILES string of the molecule is Cc1cscc1C(Cc1ccccc1F)NN. The molecule has 0 aliphatic carbocycles.